The predicted octanol–water partition coefficient (Wildman–Crippen LogP) is 2.45. The predicted molar refractivity (Wildman–Crippen MR) is 97.0 cm³/mol. The lowest BCUT2D eigenvalue weighted by Gasteiger charge is -2.35. The maximum atomic E-state index is 12.2. The topological polar surface area (TPSA) is 73.6 Å². The van der Waals surface area contributed by atoms with E-state index in [1.807, 2.05) is 23.1 Å². The third kappa shape index (κ3) is 4.01. The van der Waals surface area contributed by atoms with E-state index in [0.29, 0.717) is 30.0 Å². The standard InChI is InChI=1S/C20H19N3O3/c1-15(24)22-9-11-23(12-10-22)18-5-7-19(8-6-18)26-20(25)17-4-2-3-16(13-17)14-21/h2-8,13H,9-12H2,1H3. The highest BCUT2D eigenvalue weighted by molar-refractivity contribution is 5.91. The lowest BCUT2D eigenvalue weighted by Crippen LogP contribution is -2.48. The number of hydrogen-bond donors (Lipinski definition) is 0. The summed E-state index contributed by atoms with van der Waals surface area (Å²) < 4.78 is 5.37. The van der Waals surface area contributed by atoms with Crippen molar-refractivity contribution in [3.05, 3.63) is 59.7 Å². The highest BCUT2D eigenvalue weighted by atomic mass is 16.5. The zero-order valence-electron chi connectivity index (χ0n) is 14.5. The average molecular weight is 349 g/mol. The van der Waals surface area contributed by atoms with Crippen LogP contribution in [0.4, 0.5) is 5.69 Å². The number of ether oxygens (including phenoxy) is 1. The van der Waals surface area contributed by atoms with E-state index in [4.69, 9.17) is 10.00 Å². The van der Waals surface area contributed by atoms with Crippen LogP contribution in [0.5, 0.6) is 5.75 Å². The fourth-order valence-corrected chi connectivity index (χ4v) is 2.89. The summed E-state index contributed by atoms with van der Waals surface area (Å²) in [5.41, 5.74) is 1.78. The van der Waals surface area contributed by atoms with Gasteiger partial charge in [-0.15, -0.1) is 0 Å². The van der Waals surface area contributed by atoms with Crippen LogP contribution < -0.4 is 9.64 Å². The maximum absolute atomic E-state index is 12.2. The zero-order valence-corrected chi connectivity index (χ0v) is 14.5. The summed E-state index contributed by atoms with van der Waals surface area (Å²) >= 11 is 0. The Labute approximate surface area is 152 Å². The van der Waals surface area contributed by atoms with E-state index in [2.05, 4.69) is 4.90 Å². The van der Waals surface area contributed by atoms with Crippen LogP contribution in [0.15, 0.2) is 48.5 Å². The number of piperazine rings is 1. The molecule has 1 aliphatic rings. The second-order valence-electron chi connectivity index (χ2n) is 6.07. The van der Waals surface area contributed by atoms with Gasteiger partial charge in [0.25, 0.3) is 0 Å². The molecule has 1 aliphatic heterocycles. The highest BCUT2D eigenvalue weighted by Gasteiger charge is 2.19. The number of anilines is 1. The lowest BCUT2D eigenvalue weighted by molar-refractivity contribution is -0.129. The number of rotatable bonds is 3. The van der Waals surface area contributed by atoms with E-state index in [1.54, 1.807) is 37.3 Å². The van der Waals surface area contributed by atoms with Crippen LogP contribution in [-0.2, 0) is 4.79 Å². The summed E-state index contributed by atoms with van der Waals surface area (Å²) in [5, 5.41) is 8.91. The van der Waals surface area contributed by atoms with Crippen molar-refractivity contribution >= 4 is 17.6 Å². The van der Waals surface area contributed by atoms with Gasteiger partial charge in [-0.3, -0.25) is 4.79 Å². The Hall–Kier alpha value is -3.33. The number of benzene rings is 2. The molecule has 1 heterocycles. The van der Waals surface area contributed by atoms with Gasteiger partial charge >= 0.3 is 5.97 Å². The smallest absolute Gasteiger partial charge is 0.343 e. The summed E-state index contributed by atoms with van der Waals surface area (Å²) in [4.78, 5) is 27.6. The van der Waals surface area contributed by atoms with Gasteiger partial charge in [0.2, 0.25) is 5.91 Å². The summed E-state index contributed by atoms with van der Waals surface area (Å²) in [6, 6.07) is 15.7. The number of nitriles is 1. The van der Waals surface area contributed by atoms with E-state index in [9.17, 15) is 9.59 Å². The van der Waals surface area contributed by atoms with Crippen molar-refractivity contribution in [2.75, 3.05) is 31.1 Å². The van der Waals surface area contributed by atoms with Gasteiger partial charge in [0, 0.05) is 38.8 Å². The summed E-state index contributed by atoms with van der Waals surface area (Å²) in [7, 11) is 0. The number of nitrogens with zero attached hydrogens (tertiary/aromatic N) is 3. The van der Waals surface area contributed by atoms with Crippen molar-refractivity contribution < 1.29 is 14.3 Å². The monoisotopic (exact) mass is 349 g/mol. The molecule has 0 atom stereocenters. The van der Waals surface area contributed by atoms with Crippen molar-refractivity contribution in [2.24, 2.45) is 0 Å². The summed E-state index contributed by atoms with van der Waals surface area (Å²) in [6.07, 6.45) is 0. The van der Waals surface area contributed by atoms with Gasteiger partial charge < -0.3 is 14.5 Å². The Bertz CT molecular complexity index is 847. The Kier molecular flexibility index (Phi) is 5.18. The second-order valence-corrected chi connectivity index (χ2v) is 6.07. The highest BCUT2D eigenvalue weighted by Crippen LogP contribution is 2.21. The number of hydrogen-bond acceptors (Lipinski definition) is 5. The van der Waals surface area contributed by atoms with Gasteiger partial charge in [-0.2, -0.15) is 5.26 Å². The molecule has 1 saturated heterocycles. The molecule has 6 nitrogen and oxygen atoms in total. The van der Waals surface area contributed by atoms with Crippen molar-refractivity contribution in [3.63, 3.8) is 0 Å². The molecule has 0 aliphatic carbocycles. The Morgan fingerprint density at radius 2 is 1.73 bits per heavy atom. The number of carbonyl (C=O) groups is 2. The fraction of sp³-hybridized carbons (Fsp3) is 0.250. The molecule has 0 radical (unpaired) electrons. The van der Waals surface area contributed by atoms with E-state index in [1.165, 1.54) is 6.07 Å². The van der Waals surface area contributed by atoms with Crippen molar-refractivity contribution in [1.29, 1.82) is 5.26 Å². The van der Waals surface area contributed by atoms with Crippen LogP contribution >= 0.6 is 0 Å². The van der Waals surface area contributed by atoms with E-state index in [0.717, 1.165) is 18.8 Å². The first-order chi connectivity index (χ1) is 12.6. The first kappa shape index (κ1) is 17.5. The molecule has 0 saturated carbocycles. The maximum Gasteiger partial charge on any atom is 0.343 e. The fourth-order valence-electron chi connectivity index (χ4n) is 2.89. The molecule has 6 heteroatoms. The Morgan fingerprint density at radius 1 is 1.04 bits per heavy atom. The normalized spacial score (nSPS) is 13.8. The van der Waals surface area contributed by atoms with Crippen LogP contribution in [0.1, 0.15) is 22.8 Å². The van der Waals surface area contributed by atoms with Crippen LogP contribution in [0, 0.1) is 11.3 Å². The minimum atomic E-state index is -0.495. The number of esters is 1. The molecule has 2 aromatic rings. The van der Waals surface area contributed by atoms with Gasteiger partial charge in [0.05, 0.1) is 17.2 Å². The quantitative estimate of drug-likeness (QED) is 0.629. The third-order valence-corrected chi connectivity index (χ3v) is 4.36. The Balaban J connectivity index is 1.62. The van der Waals surface area contributed by atoms with E-state index >= 15 is 0 Å². The Morgan fingerprint density at radius 3 is 2.35 bits per heavy atom. The van der Waals surface area contributed by atoms with Gasteiger partial charge in [-0.05, 0) is 42.5 Å². The molecule has 0 aromatic heterocycles. The molecule has 2 aromatic carbocycles. The van der Waals surface area contributed by atoms with Crippen LogP contribution in [0.25, 0.3) is 0 Å². The molecular formula is C20H19N3O3. The molecule has 1 fully saturated rings. The largest absolute Gasteiger partial charge is 0.423 e. The van der Waals surface area contributed by atoms with Gasteiger partial charge in [0.1, 0.15) is 5.75 Å². The van der Waals surface area contributed by atoms with Crippen LogP contribution in [-0.4, -0.2) is 43.0 Å². The van der Waals surface area contributed by atoms with Crippen molar-refractivity contribution in [1.82, 2.24) is 4.90 Å². The van der Waals surface area contributed by atoms with Crippen LogP contribution in [0.2, 0.25) is 0 Å². The minimum absolute atomic E-state index is 0.104. The molecule has 0 N–H and O–H groups in total. The van der Waals surface area contributed by atoms with E-state index in [-0.39, 0.29) is 5.91 Å². The van der Waals surface area contributed by atoms with Crippen LogP contribution in [0.3, 0.4) is 0 Å². The first-order valence-corrected chi connectivity index (χ1v) is 8.39. The van der Waals surface area contributed by atoms with Crippen molar-refractivity contribution in [3.8, 4) is 11.8 Å². The van der Waals surface area contributed by atoms with E-state index < -0.39 is 5.97 Å². The average Bonchev–Trinajstić information content (AvgIpc) is 2.68. The van der Waals surface area contributed by atoms with Crippen molar-refractivity contribution in [2.45, 2.75) is 6.92 Å². The van der Waals surface area contributed by atoms with Gasteiger partial charge in [-0.25, -0.2) is 4.79 Å². The molecule has 0 bridgehead atoms. The number of carbonyl (C=O) groups excluding carboxylic acids is 2. The second kappa shape index (κ2) is 7.70. The summed E-state index contributed by atoms with van der Waals surface area (Å²) in [6.45, 7) is 4.56. The molecule has 132 valence electrons. The minimum Gasteiger partial charge on any atom is -0.423 e. The molecule has 0 spiro atoms. The molecular weight excluding hydrogens is 330 g/mol. The first-order valence-electron chi connectivity index (χ1n) is 8.39. The third-order valence-electron chi connectivity index (χ3n) is 4.36. The molecule has 3 rings (SSSR count). The lowest BCUT2D eigenvalue weighted by atomic mass is 10.1. The SMILES string of the molecule is CC(=O)N1CCN(c2ccc(OC(=O)c3cccc(C#N)c3)cc2)CC1. The molecule has 1 amide bonds. The van der Waals surface area contributed by atoms with Gasteiger partial charge in [0.15, 0.2) is 0 Å². The number of amides is 1. The summed E-state index contributed by atoms with van der Waals surface area (Å²) in [5.74, 6) is 0.0563. The molecule has 0 unspecified atom stereocenters. The molecule has 26 heavy (non-hydrogen) atoms. The van der Waals surface area contributed by atoms with Gasteiger partial charge in [-0.1, -0.05) is 6.07 Å². The zero-order chi connectivity index (χ0) is 18.5.